The summed E-state index contributed by atoms with van der Waals surface area (Å²) >= 11 is 0. The fourth-order valence-electron chi connectivity index (χ4n) is 5.69. The molecule has 5 heteroatoms. The summed E-state index contributed by atoms with van der Waals surface area (Å²) in [6.07, 6.45) is 0.918. The van der Waals surface area contributed by atoms with Gasteiger partial charge in [0.2, 0.25) is 5.91 Å². The summed E-state index contributed by atoms with van der Waals surface area (Å²) < 4.78 is 7.79. The van der Waals surface area contributed by atoms with Crippen LogP contribution in [-0.2, 0) is 11.8 Å². The zero-order valence-electron chi connectivity index (χ0n) is 18.4. The summed E-state index contributed by atoms with van der Waals surface area (Å²) in [5, 5.41) is 0. The predicted molar refractivity (Wildman–Crippen MR) is 124 cm³/mol. The van der Waals surface area contributed by atoms with Crippen LogP contribution in [-0.4, -0.2) is 30.1 Å². The van der Waals surface area contributed by atoms with E-state index in [1.807, 2.05) is 28.8 Å². The Morgan fingerprint density at radius 1 is 1.13 bits per heavy atom. The number of hydrogen-bond acceptors (Lipinski definition) is 3. The highest BCUT2D eigenvalue weighted by atomic mass is 28.3. The fraction of sp³-hybridized carbons (Fsp3) is 0.440. The third-order valence-electron chi connectivity index (χ3n) is 7.88. The van der Waals surface area contributed by atoms with Crippen LogP contribution in [0.15, 0.2) is 36.4 Å². The van der Waals surface area contributed by atoms with Gasteiger partial charge in [-0.15, -0.1) is 0 Å². The summed E-state index contributed by atoms with van der Waals surface area (Å²) in [6, 6.07) is 17.0. The molecule has 1 atom stereocenters. The van der Waals surface area contributed by atoms with Crippen molar-refractivity contribution in [2.24, 2.45) is 0 Å². The molecule has 3 heterocycles. The van der Waals surface area contributed by atoms with Gasteiger partial charge in [-0.05, 0) is 42.3 Å². The van der Waals surface area contributed by atoms with E-state index in [1.165, 1.54) is 23.7 Å². The third kappa shape index (κ3) is 2.57. The summed E-state index contributed by atoms with van der Waals surface area (Å²) in [6.45, 7) is 9.88. The summed E-state index contributed by atoms with van der Waals surface area (Å²) in [7, 11) is -1.57. The molecule has 2 aliphatic heterocycles. The highest BCUT2D eigenvalue weighted by Gasteiger charge is 2.49. The lowest BCUT2D eigenvalue weighted by molar-refractivity contribution is 0.0822. The Morgan fingerprint density at radius 2 is 1.87 bits per heavy atom. The summed E-state index contributed by atoms with van der Waals surface area (Å²) in [5.74, 6) is 1.91. The minimum Gasteiger partial charge on any atom is -0.493 e. The maximum atomic E-state index is 14.2. The number of imidazole rings is 1. The average molecular weight is 419 g/mol. The molecule has 5 rings (SSSR count). The van der Waals surface area contributed by atoms with E-state index in [1.54, 1.807) is 0 Å². The largest absolute Gasteiger partial charge is 0.493 e. The van der Waals surface area contributed by atoms with Gasteiger partial charge >= 0.3 is 0 Å². The van der Waals surface area contributed by atoms with Crippen molar-refractivity contribution in [3.05, 3.63) is 47.5 Å². The topological polar surface area (TPSA) is 44.1 Å². The highest BCUT2D eigenvalue weighted by Crippen LogP contribution is 2.49. The third-order valence-corrected chi connectivity index (χ3v) is 13.8. The van der Waals surface area contributed by atoms with Gasteiger partial charge in [-0.2, -0.15) is 0 Å². The Balaban J connectivity index is 1.81. The van der Waals surface area contributed by atoms with Crippen LogP contribution in [0, 0.1) is 0 Å². The molecule has 4 nitrogen and oxygen atoms in total. The van der Waals surface area contributed by atoms with Crippen LogP contribution in [0.3, 0.4) is 0 Å². The first-order valence-corrected chi connectivity index (χ1v) is 14.1. The zero-order chi connectivity index (χ0) is 21.1. The second-order valence-corrected chi connectivity index (χ2v) is 14.7. The fourth-order valence-corrected chi connectivity index (χ4v) is 9.78. The lowest BCUT2D eigenvalue weighted by Gasteiger charge is -2.42. The number of aromatic nitrogens is 2. The maximum absolute atomic E-state index is 14.2. The molecule has 0 spiro atoms. The molecule has 2 aromatic carbocycles. The summed E-state index contributed by atoms with van der Waals surface area (Å²) in [5.41, 5.74) is 4.72. The Hall–Kier alpha value is -2.40. The molecule has 3 aromatic rings. The SMILES string of the molecule is CC[Si](CC)(CC)CC1(C)C(=O)n2c(nc3ccccc32)-c2cc3c(cc21)CCO3. The predicted octanol–water partition coefficient (Wildman–Crippen LogP) is 6.06. The van der Waals surface area contributed by atoms with Crippen molar-refractivity contribution in [1.29, 1.82) is 0 Å². The van der Waals surface area contributed by atoms with Crippen LogP contribution in [0.5, 0.6) is 5.75 Å². The number of rotatable bonds is 5. The Morgan fingerprint density at radius 3 is 2.60 bits per heavy atom. The highest BCUT2D eigenvalue weighted by molar-refractivity contribution is 6.80. The van der Waals surface area contributed by atoms with Crippen LogP contribution in [0.25, 0.3) is 22.4 Å². The molecule has 0 radical (unpaired) electrons. The van der Waals surface area contributed by atoms with E-state index >= 15 is 0 Å². The van der Waals surface area contributed by atoms with Gasteiger partial charge < -0.3 is 4.74 Å². The lowest BCUT2D eigenvalue weighted by Crippen LogP contribution is -2.48. The van der Waals surface area contributed by atoms with Crippen molar-refractivity contribution in [3.8, 4) is 17.1 Å². The molecule has 1 unspecified atom stereocenters. The number of carbonyl (C=O) groups excluding carboxylic acids is 1. The Labute approximate surface area is 179 Å². The Bertz CT molecular complexity index is 1150. The second kappa shape index (κ2) is 6.81. The van der Waals surface area contributed by atoms with Gasteiger partial charge in [-0.3, -0.25) is 9.36 Å². The number of fused-ring (bicyclic) bond motifs is 6. The van der Waals surface area contributed by atoms with Crippen molar-refractivity contribution < 1.29 is 9.53 Å². The molecule has 30 heavy (non-hydrogen) atoms. The molecule has 0 bridgehead atoms. The standard InChI is InChI=1S/C25H30N2O2Si/c1-5-30(6-2,7-3)16-25(4)19-14-17-12-13-29-22(17)15-18(19)23-26-20-10-8-9-11-21(20)27(23)24(25)28/h8-11,14-15H,5-7,12-13,16H2,1-4H3. The molecule has 0 N–H and O–H groups in total. The molecule has 156 valence electrons. The molecular formula is C25H30N2O2Si. The van der Waals surface area contributed by atoms with Crippen molar-refractivity contribution in [2.75, 3.05) is 6.61 Å². The minimum absolute atomic E-state index is 0.185. The van der Waals surface area contributed by atoms with Gasteiger partial charge in [0.1, 0.15) is 11.6 Å². The molecule has 0 saturated heterocycles. The first kappa shape index (κ1) is 19.6. The summed E-state index contributed by atoms with van der Waals surface area (Å²) in [4.78, 5) is 19.1. The van der Waals surface area contributed by atoms with Crippen LogP contribution < -0.4 is 4.74 Å². The minimum atomic E-state index is -1.57. The van der Waals surface area contributed by atoms with E-state index in [-0.39, 0.29) is 5.91 Å². The van der Waals surface area contributed by atoms with E-state index in [4.69, 9.17) is 9.72 Å². The number of para-hydroxylation sites is 2. The van der Waals surface area contributed by atoms with Crippen molar-refractivity contribution in [1.82, 2.24) is 9.55 Å². The van der Waals surface area contributed by atoms with Crippen molar-refractivity contribution in [3.63, 3.8) is 0 Å². The number of carbonyl (C=O) groups is 1. The maximum Gasteiger partial charge on any atom is 0.242 e. The lowest BCUT2D eigenvalue weighted by atomic mass is 9.77. The molecule has 0 aliphatic carbocycles. The smallest absolute Gasteiger partial charge is 0.242 e. The van der Waals surface area contributed by atoms with Crippen LogP contribution in [0.2, 0.25) is 24.2 Å². The van der Waals surface area contributed by atoms with E-state index in [0.717, 1.165) is 52.8 Å². The molecule has 2 aliphatic rings. The average Bonchev–Trinajstić information content (AvgIpc) is 3.39. The van der Waals surface area contributed by atoms with Gasteiger partial charge in [0, 0.05) is 12.0 Å². The quantitative estimate of drug-likeness (QED) is 0.473. The number of benzene rings is 2. The molecule has 0 amide bonds. The van der Waals surface area contributed by atoms with Gasteiger partial charge in [-0.25, -0.2) is 4.98 Å². The van der Waals surface area contributed by atoms with Gasteiger partial charge in [0.25, 0.3) is 0 Å². The van der Waals surface area contributed by atoms with E-state index in [9.17, 15) is 4.79 Å². The van der Waals surface area contributed by atoms with E-state index < -0.39 is 13.5 Å². The van der Waals surface area contributed by atoms with Crippen LogP contribution in [0.4, 0.5) is 0 Å². The van der Waals surface area contributed by atoms with Crippen molar-refractivity contribution >= 4 is 25.0 Å². The van der Waals surface area contributed by atoms with Crippen LogP contribution >= 0.6 is 0 Å². The second-order valence-electron chi connectivity index (χ2n) is 9.24. The van der Waals surface area contributed by atoms with E-state index in [0.29, 0.717) is 0 Å². The van der Waals surface area contributed by atoms with Crippen molar-refractivity contribution in [2.45, 2.75) is 63.7 Å². The van der Waals surface area contributed by atoms with Gasteiger partial charge in [-0.1, -0.05) is 57.1 Å². The zero-order valence-corrected chi connectivity index (χ0v) is 19.4. The number of hydrogen-bond donors (Lipinski definition) is 0. The first-order valence-electron chi connectivity index (χ1n) is 11.3. The van der Waals surface area contributed by atoms with E-state index in [2.05, 4.69) is 39.8 Å². The number of nitrogens with zero attached hydrogens (tertiary/aromatic N) is 2. The first-order chi connectivity index (χ1) is 14.5. The van der Waals surface area contributed by atoms with Gasteiger partial charge in [0.05, 0.1) is 31.1 Å². The van der Waals surface area contributed by atoms with Crippen LogP contribution in [0.1, 0.15) is 43.6 Å². The molecule has 1 aromatic heterocycles. The molecule has 0 saturated carbocycles. The van der Waals surface area contributed by atoms with Gasteiger partial charge in [0.15, 0.2) is 0 Å². The monoisotopic (exact) mass is 418 g/mol. The molecule has 0 fully saturated rings. The normalized spacial score (nSPS) is 20.1. The Kier molecular flexibility index (Phi) is 4.44. The number of ether oxygens (including phenoxy) is 1. The molecular weight excluding hydrogens is 388 g/mol.